The molecule has 8 heteroatoms. The van der Waals surface area contributed by atoms with Crippen molar-refractivity contribution < 1.29 is 23.9 Å². The standard InChI is InChI=1S/C16H18BrNO6/c1-16(2)23-14-13(21-9-10-6-4-3-5-7-10)11(22-15(14)24-16)8-12(17)18(19)20/h3-8,11,13-15H,9H2,1-2H3/b12-8-/t11?,13-,14+,15+/m0/s1. The van der Waals surface area contributed by atoms with Gasteiger partial charge in [-0.25, -0.2) is 0 Å². The molecule has 3 rings (SSSR count). The van der Waals surface area contributed by atoms with Crippen LogP contribution in [0, 0.1) is 10.1 Å². The molecular weight excluding hydrogens is 382 g/mol. The summed E-state index contributed by atoms with van der Waals surface area (Å²) in [6, 6.07) is 9.66. The molecule has 0 spiro atoms. The van der Waals surface area contributed by atoms with Crippen molar-refractivity contribution in [1.29, 1.82) is 0 Å². The monoisotopic (exact) mass is 399 g/mol. The van der Waals surface area contributed by atoms with Crippen LogP contribution >= 0.6 is 15.9 Å². The van der Waals surface area contributed by atoms with Gasteiger partial charge in [0.2, 0.25) is 0 Å². The maximum atomic E-state index is 10.9. The number of hydrogen-bond donors (Lipinski definition) is 0. The van der Waals surface area contributed by atoms with Crippen molar-refractivity contribution in [3.8, 4) is 0 Å². The Hall–Kier alpha value is -1.32. The third-order valence-electron chi connectivity index (χ3n) is 3.79. The molecule has 4 atom stereocenters. The summed E-state index contributed by atoms with van der Waals surface area (Å²) in [5, 5.41) is 10.9. The van der Waals surface area contributed by atoms with Gasteiger partial charge in [-0.05, 0) is 19.4 Å². The Bertz CT molecular complexity index is 635. The molecule has 0 bridgehead atoms. The normalized spacial score (nSPS) is 31.9. The SMILES string of the molecule is CC1(C)O[C@H]2OC(/C=C(/Br)[N+](=O)[O-])[C@H](OCc3ccccc3)[C@H]2O1. The number of halogens is 1. The fourth-order valence-corrected chi connectivity index (χ4v) is 3.05. The average Bonchev–Trinajstić information content (AvgIpc) is 2.97. The number of ether oxygens (including phenoxy) is 4. The van der Waals surface area contributed by atoms with Gasteiger partial charge in [0.1, 0.15) is 18.3 Å². The predicted octanol–water partition coefficient (Wildman–Crippen LogP) is 2.96. The van der Waals surface area contributed by atoms with Crippen LogP contribution in [-0.4, -0.2) is 35.3 Å². The highest BCUT2D eigenvalue weighted by atomic mass is 79.9. The van der Waals surface area contributed by atoms with E-state index in [0.29, 0.717) is 6.61 Å². The molecule has 1 unspecified atom stereocenters. The highest BCUT2D eigenvalue weighted by Gasteiger charge is 2.55. The van der Waals surface area contributed by atoms with Gasteiger partial charge < -0.3 is 18.9 Å². The molecule has 2 aliphatic rings. The number of benzene rings is 1. The number of hydrogen-bond acceptors (Lipinski definition) is 6. The van der Waals surface area contributed by atoms with E-state index >= 15 is 0 Å². The van der Waals surface area contributed by atoms with Gasteiger partial charge in [-0.15, -0.1) is 0 Å². The van der Waals surface area contributed by atoms with Crippen molar-refractivity contribution in [3.05, 3.63) is 56.7 Å². The zero-order valence-electron chi connectivity index (χ0n) is 13.3. The summed E-state index contributed by atoms with van der Waals surface area (Å²) in [6.07, 6.45) is -0.844. The Labute approximate surface area is 147 Å². The molecule has 0 aromatic heterocycles. The Morgan fingerprint density at radius 2 is 2.08 bits per heavy atom. The highest BCUT2D eigenvalue weighted by molar-refractivity contribution is 9.11. The number of nitro groups is 1. The Kier molecular flexibility index (Phi) is 5.03. The minimum atomic E-state index is -0.779. The molecule has 1 aromatic carbocycles. The molecule has 2 fully saturated rings. The van der Waals surface area contributed by atoms with Gasteiger partial charge in [-0.1, -0.05) is 30.3 Å². The van der Waals surface area contributed by atoms with Crippen molar-refractivity contribution in [2.24, 2.45) is 0 Å². The van der Waals surface area contributed by atoms with Crippen molar-refractivity contribution in [1.82, 2.24) is 0 Å². The second kappa shape index (κ2) is 6.89. The molecule has 130 valence electrons. The Morgan fingerprint density at radius 1 is 1.38 bits per heavy atom. The quantitative estimate of drug-likeness (QED) is 0.430. The average molecular weight is 400 g/mol. The van der Waals surface area contributed by atoms with Crippen molar-refractivity contribution >= 4 is 15.9 Å². The first-order valence-electron chi connectivity index (χ1n) is 7.54. The van der Waals surface area contributed by atoms with Crippen LogP contribution in [0.5, 0.6) is 0 Å². The van der Waals surface area contributed by atoms with Gasteiger partial charge >= 0.3 is 4.61 Å². The Morgan fingerprint density at radius 3 is 2.75 bits per heavy atom. The first kappa shape index (κ1) is 17.5. The van der Waals surface area contributed by atoms with Crippen LogP contribution in [0.3, 0.4) is 0 Å². The molecule has 2 aliphatic heterocycles. The molecule has 0 aliphatic carbocycles. The summed E-state index contributed by atoms with van der Waals surface area (Å²) < 4.78 is 23.1. The third-order valence-corrected chi connectivity index (χ3v) is 4.34. The van der Waals surface area contributed by atoms with Gasteiger partial charge in [0.25, 0.3) is 0 Å². The van der Waals surface area contributed by atoms with E-state index in [1.165, 1.54) is 6.08 Å². The van der Waals surface area contributed by atoms with E-state index in [0.717, 1.165) is 5.56 Å². The smallest absolute Gasteiger partial charge is 0.309 e. The first-order valence-corrected chi connectivity index (χ1v) is 8.33. The molecule has 0 amide bonds. The lowest BCUT2D eigenvalue weighted by molar-refractivity contribution is -0.409. The van der Waals surface area contributed by atoms with E-state index in [1.807, 2.05) is 30.3 Å². The summed E-state index contributed by atoms with van der Waals surface area (Å²) in [7, 11) is 0. The van der Waals surface area contributed by atoms with E-state index in [9.17, 15) is 10.1 Å². The van der Waals surface area contributed by atoms with E-state index in [4.69, 9.17) is 18.9 Å². The Balaban J connectivity index is 1.76. The lowest BCUT2D eigenvalue weighted by Crippen LogP contribution is -2.36. The first-order chi connectivity index (χ1) is 11.4. The fraction of sp³-hybridized carbons (Fsp3) is 0.500. The van der Waals surface area contributed by atoms with Gasteiger partial charge in [0, 0.05) is 22.0 Å². The summed E-state index contributed by atoms with van der Waals surface area (Å²) in [5.74, 6) is -0.779. The summed E-state index contributed by atoms with van der Waals surface area (Å²) in [6.45, 7) is 3.93. The zero-order chi connectivity index (χ0) is 17.3. The molecule has 2 heterocycles. The van der Waals surface area contributed by atoms with Gasteiger partial charge in [-0.3, -0.25) is 10.1 Å². The summed E-state index contributed by atoms with van der Waals surface area (Å²) >= 11 is 2.92. The van der Waals surface area contributed by atoms with Gasteiger partial charge in [0.05, 0.1) is 11.5 Å². The maximum Gasteiger partial charge on any atom is 0.309 e. The van der Waals surface area contributed by atoms with Crippen molar-refractivity contribution in [2.45, 2.75) is 50.8 Å². The largest absolute Gasteiger partial charge is 0.368 e. The van der Waals surface area contributed by atoms with Crippen molar-refractivity contribution in [2.75, 3.05) is 0 Å². The lowest BCUT2D eigenvalue weighted by Gasteiger charge is -2.24. The molecule has 24 heavy (non-hydrogen) atoms. The molecule has 2 saturated heterocycles. The highest BCUT2D eigenvalue weighted by Crippen LogP contribution is 2.39. The molecular formula is C16H18BrNO6. The van der Waals surface area contributed by atoms with E-state index < -0.39 is 35.3 Å². The van der Waals surface area contributed by atoms with Crippen molar-refractivity contribution in [3.63, 3.8) is 0 Å². The number of nitrogens with zero attached hydrogens (tertiary/aromatic N) is 1. The minimum absolute atomic E-state index is 0.181. The van der Waals surface area contributed by atoms with Crippen LogP contribution in [0.1, 0.15) is 19.4 Å². The third kappa shape index (κ3) is 3.84. The van der Waals surface area contributed by atoms with Gasteiger partial charge in [-0.2, -0.15) is 0 Å². The second-order valence-corrected chi connectivity index (χ2v) is 6.89. The molecule has 7 nitrogen and oxygen atoms in total. The summed E-state index contributed by atoms with van der Waals surface area (Å²) in [5.41, 5.74) is 0.996. The van der Waals surface area contributed by atoms with Gasteiger partial charge in [0.15, 0.2) is 12.1 Å². The van der Waals surface area contributed by atoms with E-state index in [1.54, 1.807) is 13.8 Å². The van der Waals surface area contributed by atoms with Crippen LogP contribution in [0.2, 0.25) is 0 Å². The molecule has 0 saturated carbocycles. The van der Waals surface area contributed by atoms with Crippen LogP contribution in [0.25, 0.3) is 0 Å². The van der Waals surface area contributed by atoms with Crippen LogP contribution in [0.15, 0.2) is 41.0 Å². The summed E-state index contributed by atoms with van der Waals surface area (Å²) in [4.78, 5) is 10.3. The molecule has 0 radical (unpaired) electrons. The molecule has 0 N–H and O–H groups in total. The number of fused-ring (bicyclic) bond motifs is 1. The number of rotatable bonds is 5. The van der Waals surface area contributed by atoms with E-state index in [-0.39, 0.29) is 4.61 Å². The van der Waals surface area contributed by atoms with Crippen LogP contribution in [0.4, 0.5) is 0 Å². The van der Waals surface area contributed by atoms with Crippen LogP contribution < -0.4 is 0 Å². The topological polar surface area (TPSA) is 80.1 Å². The fourth-order valence-electron chi connectivity index (χ4n) is 2.79. The predicted molar refractivity (Wildman–Crippen MR) is 87.7 cm³/mol. The minimum Gasteiger partial charge on any atom is -0.368 e. The van der Waals surface area contributed by atoms with E-state index in [2.05, 4.69) is 15.9 Å². The zero-order valence-corrected chi connectivity index (χ0v) is 14.8. The van der Waals surface area contributed by atoms with Crippen LogP contribution in [-0.2, 0) is 25.6 Å². The maximum absolute atomic E-state index is 10.9. The lowest BCUT2D eigenvalue weighted by atomic mass is 10.1. The molecule has 1 aromatic rings. The second-order valence-electron chi connectivity index (χ2n) is 6.08.